The Morgan fingerprint density at radius 1 is 0.378 bits per heavy atom. The molecule has 0 heterocycles. The highest BCUT2D eigenvalue weighted by molar-refractivity contribution is 5.09. The Labute approximate surface area is 279 Å². The van der Waals surface area contributed by atoms with Crippen LogP contribution in [0, 0.1) is 0 Å². The summed E-state index contributed by atoms with van der Waals surface area (Å²) in [7, 11) is 3.28. The van der Waals surface area contributed by atoms with Gasteiger partial charge in [-0.2, -0.15) is 0 Å². The summed E-state index contributed by atoms with van der Waals surface area (Å²) >= 11 is 0. The van der Waals surface area contributed by atoms with Crippen molar-refractivity contribution in [3.63, 3.8) is 0 Å². The van der Waals surface area contributed by atoms with Crippen LogP contribution in [0.4, 0.5) is 0 Å². The first-order valence-electron chi connectivity index (χ1n) is 18.8. The van der Waals surface area contributed by atoms with Crippen molar-refractivity contribution < 1.29 is 33.2 Å². The Bertz CT molecular complexity index is 648. The molecule has 0 aliphatic heterocycles. The van der Waals surface area contributed by atoms with Crippen molar-refractivity contribution in [1.29, 1.82) is 0 Å². The highest BCUT2D eigenvalue weighted by Gasteiger charge is 2.31. The molecule has 0 radical (unpaired) electrons. The zero-order valence-corrected chi connectivity index (χ0v) is 31.0. The second-order valence-corrected chi connectivity index (χ2v) is 12.0. The van der Waals surface area contributed by atoms with Gasteiger partial charge >= 0.3 is 0 Å². The standard InChI is InChI=1S/C38H74O7/c1-9-15-17-19-21-23-25-27-33(41-29-11-3)35(43-31-13-5)37(39-7)45-38(40-8)36(44-32-14-6)34(42-30-12-4)28-26-24-22-20-18-16-10-2/h37-38H,9-32H2,1-8H3. The molecular formula is C38H74O7. The number of methoxy groups -OCH3 is 2. The minimum absolute atomic E-state index is 0.546. The molecule has 2 atom stereocenters. The maximum absolute atomic E-state index is 6.56. The third kappa shape index (κ3) is 21.9. The van der Waals surface area contributed by atoms with Crippen LogP contribution in [0.5, 0.6) is 0 Å². The Kier molecular flexibility index (Phi) is 31.5. The monoisotopic (exact) mass is 643 g/mol. The molecule has 0 amide bonds. The summed E-state index contributed by atoms with van der Waals surface area (Å²) in [4.78, 5) is 0. The molecule has 7 heteroatoms. The molecular weight excluding hydrogens is 568 g/mol. The summed E-state index contributed by atoms with van der Waals surface area (Å²) in [6.45, 7) is 15.3. The summed E-state index contributed by atoms with van der Waals surface area (Å²) in [5, 5.41) is 0. The predicted molar refractivity (Wildman–Crippen MR) is 187 cm³/mol. The van der Waals surface area contributed by atoms with Crippen molar-refractivity contribution in [3.05, 3.63) is 23.0 Å². The molecule has 7 nitrogen and oxygen atoms in total. The first-order chi connectivity index (χ1) is 22.1. The van der Waals surface area contributed by atoms with E-state index in [9.17, 15) is 0 Å². The van der Waals surface area contributed by atoms with E-state index in [2.05, 4.69) is 41.5 Å². The topological polar surface area (TPSA) is 64.6 Å². The van der Waals surface area contributed by atoms with Gasteiger partial charge in [-0.3, -0.25) is 0 Å². The van der Waals surface area contributed by atoms with E-state index in [0.29, 0.717) is 37.9 Å². The number of hydrogen-bond donors (Lipinski definition) is 0. The number of ether oxygens (including phenoxy) is 7. The van der Waals surface area contributed by atoms with Gasteiger partial charge in [0.15, 0.2) is 11.5 Å². The normalized spacial score (nSPS) is 14.0. The smallest absolute Gasteiger partial charge is 0.222 e. The van der Waals surface area contributed by atoms with Gasteiger partial charge in [0.05, 0.1) is 26.4 Å². The molecule has 45 heavy (non-hydrogen) atoms. The molecule has 268 valence electrons. The summed E-state index contributed by atoms with van der Waals surface area (Å²) in [5.41, 5.74) is 0. The Hall–Kier alpha value is -1.44. The molecule has 0 bridgehead atoms. The van der Waals surface area contributed by atoms with Crippen molar-refractivity contribution in [2.75, 3.05) is 40.6 Å². The summed E-state index contributed by atoms with van der Waals surface area (Å²) in [6, 6.07) is 0. The maximum atomic E-state index is 6.56. The van der Waals surface area contributed by atoms with Crippen molar-refractivity contribution in [2.24, 2.45) is 0 Å². The number of allylic oxidation sites excluding steroid dienone is 2. The minimum atomic E-state index is -0.816. The fraction of sp³-hybridized carbons (Fsp3) is 0.895. The van der Waals surface area contributed by atoms with Gasteiger partial charge in [0.1, 0.15) is 11.5 Å². The Balaban J connectivity index is 6.13. The van der Waals surface area contributed by atoms with Gasteiger partial charge in [-0.05, 0) is 38.5 Å². The van der Waals surface area contributed by atoms with Gasteiger partial charge < -0.3 is 33.2 Å². The molecule has 0 aliphatic carbocycles. The average Bonchev–Trinajstić information content (AvgIpc) is 3.06. The SMILES string of the molecule is CCCCCCCCCC(OCCC)=C(OCCC)C(OC)OC(OC)C(OCCC)=C(CCCCCCCCC)OCCC. The lowest BCUT2D eigenvalue weighted by Crippen LogP contribution is -2.32. The van der Waals surface area contributed by atoms with Crippen LogP contribution >= 0.6 is 0 Å². The van der Waals surface area contributed by atoms with Crippen molar-refractivity contribution in [3.8, 4) is 0 Å². The van der Waals surface area contributed by atoms with Gasteiger partial charge in [0, 0.05) is 27.1 Å². The van der Waals surface area contributed by atoms with Gasteiger partial charge in [-0.1, -0.05) is 119 Å². The minimum Gasteiger partial charge on any atom is -0.494 e. The summed E-state index contributed by atoms with van der Waals surface area (Å²) in [5.74, 6) is 2.81. The molecule has 0 aromatic carbocycles. The second kappa shape index (κ2) is 32.5. The van der Waals surface area contributed by atoms with E-state index >= 15 is 0 Å². The third-order valence-corrected chi connectivity index (χ3v) is 7.55. The quantitative estimate of drug-likeness (QED) is 0.0393. The zero-order chi connectivity index (χ0) is 33.4. The van der Waals surface area contributed by atoms with Crippen molar-refractivity contribution >= 4 is 0 Å². The van der Waals surface area contributed by atoms with Gasteiger partial charge in [-0.15, -0.1) is 0 Å². The van der Waals surface area contributed by atoms with Crippen LogP contribution in [0.25, 0.3) is 0 Å². The molecule has 2 unspecified atom stereocenters. The van der Waals surface area contributed by atoms with Crippen LogP contribution in [-0.2, 0) is 33.2 Å². The fourth-order valence-electron chi connectivity index (χ4n) is 5.01. The van der Waals surface area contributed by atoms with Crippen LogP contribution in [-0.4, -0.2) is 53.2 Å². The fourth-order valence-corrected chi connectivity index (χ4v) is 5.01. The van der Waals surface area contributed by atoms with E-state index in [1.807, 2.05) is 0 Å². The highest BCUT2D eigenvalue weighted by atomic mass is 16.8. The van der Waals surface area contributed by atoms with E-state index in [-0.39, 0.29) is 0 Å². The van der Waals surface area contributed by atoms with Crippen LogP contribution in [0.1, 0.15) is 170 Å². The molecule has 0 saturated carbocycles. The average molecular weight is 643 g/mol. The van der Waals surface area contributed by atoms with E-state index in [0.717, 1.165) is 75.7 Å². The lowest BCUT2D eigenvalue weighted by molar-refractivity contribution is -0.226. The number of unbranched alkanes of at least 4 members (excludes halogenated alkanes) is 12. The largest absolute Gasteiger partial charge is 0.494 e. The Morgan fingerprint density at radius 3 is 1.00 bits per heavy atom. The predicted octanol–water partition coefficient (Wildman–Crippen LogP) is 11.4. The van der Waals surface area contributed by atoms with Crippen molar-refractivity contribution in [2.45, 2.75) is 183 Å². The first-order valence-corrected chi connectivity index (χ1v) is 18.8. The van der Waals surface area contributed by atoms with E-state index in [1.54, 1.807) is 14.2 Å². The van der Waals surface area contributed by atoms with E-state index in [4.69, 9.17) is 33.2 Å². The van der Waals surface area contributed by atoms with E-state index in [1.165, 1.54) is 64.2 Å². The van der Waals surface area contributed by atoms with Crippen LogP contribution in [0.15, 0.2) is 23.0 Å². The summed E-state index contributed by atoms with van der Waals surface area (Å²) < 4.78 is 43.7. The first kappa shape index (κ1) is 43.6. The number of rotatable bonds is 34. The van der Waals surface area contributed by atoms with Gasteiger partial charge in [0.25, 0.3) is 0 Å². The molecule has 0 rings (SSSR count). The second-order valence-electron chi connectivity index (χ2n) is 12.0. The maximum Gasteiger partial charge on any atom is 0.222 e. The zero-order valence-electron chi connectivity index (χ0n) is 31.0. The van der Waals surface area contributed by atoms with E-state index < -0.39 is 12.6 Å². The highest BCUT2D eigenvalue weighted by Crippen LogP contribution is 2.28. The lowest BCUT2D eigenvalue weighted by Gasteiger charge is -2.29. The van der Waals surface area contributed by atoms with Gasteiger partial charge in [-0.25, -0.2) is 0 Å². The molecule has 0 aromatic rings. The molecule has 0 saturated heterocycles. The third-order valence-electron chi connectivity index (χ3n) is 7.55. The number of hydrogen-bond acceptors (Lipinski definition) is 7. The van der Waals surface area contributed by atoms with Crippen molar-refractivity contribution in [1.82, 2.24) is 0 Å². The molecule has 0 aliphatic rings. The molecule has 0 spiro atoms. The Morgan fingerprint density at radius 2 is 0.689 bits per heavy atom. The lowest BCUT2D eigenvalue weighted by atomic mass is 10.1. The molecule has 0 fully saturated rings. The molecule has 0 aromatic heterocycles. The van der Waals surface area contributed by atoms with Crippen LogP contribution in [0.2, 0.25) is 0 Å². The molecule has 0 N–H and O–H groups in total. The van der Waals surface area contributed by atoms with Crippen LogP contribution in [0.3, 0.4) is 0 Å². The summed E-state index contributed by atoms with van der Waals surface area (Å²) in [6.07, 6.45) is 20.7. The van der Waals surface area contributed by atoms with Crippen LogP contribution < -0.4 is 0 Å². The van der Waals surface area contributed by atoms with Gasteiger partial charge in [0.2, 0.25) is 12.6 Å².